The standard InChI is InChI=1S/C13H17BrN2OS/c1-3-16(7-6-12(15)18)13(17)11-8-10(14)5-4-9(11)2/h4-5,8H,3,6-7H2,1-2H3,(H2,15,18). The van der Waals surface area contributed by atoms with Gasteiger partial charge in [0.1, 0.15) is 0 Å². The molecule has 3 nitrogen and oxygen atoms in total. The van der Waals surface area contributed by atoms with Gasteiger partial charge in [-0.15, -0.1) is 0 Å². The fourth-order valence-electron chi connectivity index (χ4n) is 1.64. The quantitative estimate of drug-likeness (QED) is 0.845. The van der Waals surface area contributed by atoms with E-state index in [0.29, 0.717) is 30.1 Å². The lowest BCUT2D eigenvalue weighted by Gasteiger charge is -2.21. The van der Waals surface area contributed by atoms with Crippen molar-refractivity contribution in [3.05, 3.63) is 33.8 Å². The van der Waals surface area contributed by atoms with Gasteiger partial charge in [-0.3, -0.25) is 4.79 Å². The Labute approximate surface area is 121 Å². The smallest absolute Gasteiger partial charge is 0.254 e. The predicted molar refractivity (Wildman–Crippen MR) is 81.9 cm³/mol. The third kappa shape index (κ3) is 4.07. The Kier molecular flexibility index (Phi) is 5.75. The van der Waals surface area contributed by atoms with Crippen molar-refractivity contribution in [2.45, 2.75) is 20.3 Å². The highest BCUT2D eigenvalue weighted by Gasteiger charge is 2.16. The van der Waals surface area contributed by atoms with Crippen LogP contribution in [0.1, 0.15) is 29.3 Å². The van der Waals surface area contributed by atoms with E-state index in [0.717, 1.165) is 10.0 Å². The molecule has 18 heavy (non-hydrogen) atoms. The normalized spacial score (nSPS) is 10.2. The third-order valence-electron chi connectivity index (χ3n) is 2.73. The van der Waals surface area contributed by atoms with Gasteiger partial charge in [0.05, 0.1) is 4.99 Å². The lowest BCUT2D eigenvalue weighted by atomic mass is 10.1. The van der Waals surface area contributed by atoms with Gasteiger partial charge in [0.2, 0.25) is 0 Å². The maximum Gasteiger partial charge on any atom is 0.254 e. The van der Waals surface area contributed by atoms with Crippen LogP contribution < -0.4 is 5.73 Å². The Bertz CT molecular complexity index is 462. The second-order valence-electron chi connectivity index (χ2n) is 4.06. The number of nitrogens with two attached hydrogens (primary N) is 1. The SMILES string of the molecule is CCN(CCC(N)=S)C(=O)c1cc(Br)ccc1C. The highest BCUT2D eigenvalue weighted by Crippen LogP contribution is 2.18. The molecule has 0 radical (unpaired) electrons. The van der Waals surface area contributed by atoms with E-state index in [9.17, 15) is 4.79 Å². The molecule has 1 rings (SSSR count). The van der Waals surface area contributed by atoms with Crippen LogP contribution in [0.15, 0.2) is 22.7 Å². The average Bonchev–Trinajstić information content (AvgIpc) is 2.32. The number of hydrogen-bond acceptors (Lipinski definition) is 2. The van der Waals surface area contributed by atoms with Crippen molar-refractivity contribution >= 4 is 39.0 Å². The van der Waals surface area contributed by atoms with Crippen molar-refractivity contribution in [2.75, 3.05) is 13.1 Å². The van der Waals surface area contributed by atoms with Gasteiger partial charge in [-0.2, -0.15) is 0 Å². The third-order valence-corrected chi connectivity index (χ3v) is 3.42. The molecule has 0 aliphatic rings. The lowest BCUT2D eigenvalue weighted by molar-refractivity contribution is 0.0768. The van der Waals surface area contributed by atoms with Gasteiger partial charge < -0.3 is 10.6 Å². The summed E-state index contributed by atoms with van der Waals surface area (Å²) in [5.41, 5.74) is 7.16. The Morgan fingerprint density at radius 3 is 2.72 bits per heavy atom. The van der Waals surface area contributed by atoms with Crippen molar-refractivity contribution in [3.8, 4) is 0 Å². The zero-order chi connectivity index (χ0) is 13.7. The molecule has 0 aliphatic carbocycles. The number of carbonyl (C=O) groups excluding carboxylic acids is 1. The van der Waals surface area contributed by atoms with E-state index >= 15 is 0 Å². The molecule has 0 saturated carbocycles. The number of amides is 1. The van der Waals surface area contributed by atoms with Crippen LogP contribution in [0.3, 0.4) is 0 Å². The van der Waals surface area contributed by atoms with E-state index in [-0.39, 0.29) is 5.91 Å². The number of rotatable bonds is 5. The van der Waals surface area contributed by atoms with E-state index in [2.05, 4.69) is 15.9 Å². The zero-order valence-electron chi connectivity index (χ0n) is 10.6. The van der Waals surface area contributed by atoms with Crippen LogP contribution in [0.4, 0.5) is 0 Å². The molecule has 1 amide bonds. The summed E-state index contributed by atoms with van der Waals surface area (Å²) in [6.45, 7) is 5.09. The number of hydrogen-bond donors (Lipinski definition) is 1. The molecule has 0 heterocycles. The largest absolute Gasteiger partial charge is 0.393 e. The molecular weight excluding hydrogens is 312 g/mol. The van der Waals surface area contributed by atoms with Crippen LogP contribution in [0.5, 0.6) is 0 Å². The second kappa shape index (κ2) is 6.85. The fraction of sp³-hybridized carbons (Fsp3) is 0.385. The Morgan fingerprint density at radius 2 is 2.17 bits per heavy atom. The number of carbonyl (C=O) groups is 1. The van der Waals surface area contributed by atoms with E-state index in [4.69, 9.17) is 18.0 Å². The molecule has 0 unspecified atom stereocenters. The minimum absolute atomic E-state index is 0.0209. The summed E-state index contributed by atoms with van der Waals surface area (Å²) in [5, 5.41) is 0. The number of halogens is 1. The molecule has 2 N–H and O–H groups in total. The summed E-state index contributed by atoms with van der Waals surface area (Å²) < 4.78 is 0.904. The highest BCUT2D eigenvalue weighted by molar-refractivity contribution is 9.10. The molecule has 0 atom stereocenters. The number of benzene rings is 1. The summed E-state index contributed by atoms with van der Waals surface area (Å²) in [7, 11) is 0. The van der Waals surface area contributed by atoms with Crippen molar-refractivity contribution in [2.24, 2.45) is 5.73 Å². The van der Waals surface area contributed by atoms with Gasteiger partial charge >= 0.3 is 0 Å². The molecule has 5 heteroatoms. The number of thiocarbonyl (C=S) groups is 1. The van der Waals surface area contributed by atoms with Gasteiger partial charge in [-0.05, 0) is 31.5 Å². The average molecular weight is 329 g/mol. The van der Waals surface area contributed by atoms with Crippen molar-refractivity contribution in [1.29, 1.82) is 0 Å². The summed E-state index contributed by atoms with van der Waals surface area (Å²) in [6.07, 6.45) is 0.558. The Balaban J connectivity index is 2.89. The molecule has 0 aliphatic heterocycles. The van der Waals surface area contributed by atoms with E-state index in [1.165, 1.54) is 0 Å². The Morgan fingerprint density at radius 1 is 1.50 bits per heavy atom. The maximum atomic E-state index is 12.4. The molecule has 0 aromatic heterocycles. The van der Waals surface area contributed by atoms with Gasteiger partial charge in [0, 0.05) is 29.5 Å². The predicted octanol–water partition coefficient (Wildman–Crippen LogP) is 2.90. The number of nitrogens with zero attached hydrogens (tertiary/aromatic N) is 1. The fourth-order valence-corrected chi connectivity index (χ4v) is 2.10. The number of aryl methyl sites for hydroxylation is 1. The van der Waals surface area contributed by atoms with E-state index < -0.39 is 0 Å². The van der Waals surface area contributed by atoms with E-state index in [1.54, 1.807) is 4.90 Å². The first kappa shape index (κ1) is 15.1. The molecule has 0 fully saturated rings. The van der Waals surface area contributed by atoms with Gasteiger partial charge in [-0.1, -0.05) is 34.2 Å². The summed E-state index contributed by atoms with van der Waals surface area (Å²) in [5.74, 6) is 0.0209. The highest BCUT2D eigenvalue weighted by atomic mass is 79.9. The minimum Gasteiger partial charge on any atom is -0.393 e. The van der Waals surface area contributed by atoms with Crippen molar-refractivity contribution in [1.82, 2.24) is 4.90 Å². The monoisotopic (exact) mass is 328 g/mol. The zero-order valence-corrected chi connectivity index (χ0v) is 13.0. The molecule has 98 valence electrons. The maximum absolute atomic E-state index is 12.4. The first-order chi connectivity index (χ1) is 8.45. The molecule has 1 aromatic rings. The Hall–Kier alpha value is -0.940. The summed E-state index contributed by atoms with van der Waals surface area (Å²) in [6, 6.07) is 5.71. The summed E-state index contributed by atoms with van der Waals surface area (Å²) >= 11 is 8.23. The molecular formula is C13H17BrN2OS. The van der Waals surface area contributed by atoms with E-state index in [1.807, 2.05) is 32.0 Å². The molecule has 0 bridgehead atoms. The van der Waals surface area contributed by atoms with Crippen LogP contribution >= 0.6 is 28.1 Å². The van der Waals surface area contributed by atoms with Crippen LogP contribution in [0, 0.1) is 6.92 Å². The van der Waals surface area contributed by atoms with Gasteiger partial charge in [-0.25, -0.2) is 0 Å². The van der Waals surface area contributed by atoms with Crippen LogP contribution in [0.2, 0.25) is 0 Å². The lowest BCUT2D eigenvalue weighted by Crippen LogP contribution is -2.34. The van der Waals surface area contributed by atoms with Crippen LogP contribution in [-0.4, -0.2) is 28.9 Å². The first-order valence-corrected chi connectivity index (χ1v) is 6.99. The molecule has 0 spiro atoms. The molecule has 0 saturated heterocycles. The second-order valence-corrected chi connectivity index (χ2v) is 5.50. The first-order valence-electron chi connectivity index (χ1n) is 5.79. The van der Waals surface area contributed by atoms with Crippen molar-refractivity contribution < 1.29 is 4.79 Å². The van der Waals surface area contributed by atoms with Crippen LogP contribution in [0.25, 0.3) is 0 Å². The van der Waals surface area contributed by atoms with Gasteiger partial charge in [0.15, 0.2) is 0 Å². The van der Waals surface area contributed by atoms with Crippen LogP contribution in [-0.2, 0) is 0 Å². The topological polar surface area (TPSA) is 46.3 Å². The van der Waals surface area contributed by atoms with Gasteiger partial charge in [0.25, 0.3) is 5.91 Å². The molecule has 1 aromatic carbocycles. The van der Waals surface area contributed by atoms with Crippen molar-refractivity contribution in [3.63, 3.8) is 0 Å². The summed E-state index contributed by atoms with van der Waals surface area (Å²) in [4.78, 5) is 14.6. The minimum atomic E-state index is 0.0209.